The quantitative estimate of drug-likeness (QED) is 0.789. The minimum absolute atomic E-state index is 0.0447. The first kappa shape index (κ1) is 13.8. The maximum atomic E-state index is 12.4. The molecular formula is C14H13ClN4O2. The number of aryl methyl sites for hydroxylation is 1. The third kappa shape index (κ3) is 2.54. The molecule has 21 heavy (non-hydrogen) atoms. The Morgan fingerprint density at radius 1 is 1.33 bits per heavy atom. The van der Waals surface area contributed by atoms with Crippen LogP contribution in [0.15, 0.2) is 29.5 Å². The zero-order chi connectivity index (χ0) is 15.0. The van der Waals surface area contributed by atoms with Gasteiger partial charge in [0.1, 0.15) is 5.69 Å². The molecule has 0 unspecified atom stereocenters. The van der Waals surface area contributed by atoms with Gasteiger partial charge >= 0.3 is 0 Å². The summed E-state index contributed by atoms with van der Waals surface area (Å²) in [5.74, 6) is -0.181. The van der Waals surface area contributed by atoms with Crippen LogP contribution in [0.4, 0.5) is 0 Å². The van der Waals surface area contributed by atoms with Crippen molar-refractivity contribution in [3.05, 3.63) is 57.0 Å². The largest absolute Gasteiger partial charge is 0.331 e. The van der Waals surface area contributed by atoms with Crippen molar-refractivity contribution < 1.29 is 4.79 Å². The number of nitrogens with zero attached hydrogens (tertiary/aromatic N) is 4. The molecule has 2 aromatic heterocycles. The second-order valence-electron chi connectivity index (χ2n) is 4.92. The molecule has 2 aromatic rings. The van der Waals surface area contributed by atoms with Gasteiger partial charge in [0.2, 0.25) is 0 Å². The van der Waals surface area contributed by atoms with E-state index in [0.29, 0.717) is 41.5 Å². The lowest BCUT2D eigenvalue weighted by Gasteiger charge is -2.27. The van der Waals surface area contributed by atoms with Gasteiger partial charge in [0, 0.05) is 25.4 Å². The first-order chi connectivity index (χ1) is 10.1. The number of fused-ring (bicyclic) bond motifs is 1. The maximum Gasteiger partial charge on any atom is 0.272 e. The molecule has 0 N–H and O–H groups in total. The van der Waals surface area contributed by atoms with Crippen LogP contribution in [0.2, 0.25) is 5.02 Å². The van der Waals surface area contributed by atoms with Crippen molar-refractivity contribution in [1.82, 2.24) is 19.4 Å². The monoisotopic (exact) mass is 304 g/mol. The standard InChI is InChI=1S/C14H13ClN4O2/c1-18-8-17-12-7-19(5-4-10(12)13(18)20)14(21)11-3-2-9(15)6-16-11/h2-3,6,8H,4-5,7H2,1H3. The van der Waals surface area contributed by atoms with Crippen LogP contribution in [0.3, 0.4) is 0 Å². The highest BCUT2D eigenvalue weighted by Gasteiger charge is 2.25. The molecule has 1 amide bonds. The van der Waals surface area contributed by atoms with Crippen LogP contribution in [0.25, 0.3) is 0 Å². The van der Waals surface area contributed by atoms with E-state index in [2.05, 4.69) is 9.97 Å². The molecule has 1 aliphatic heterocycles. The molecule has 1 aliphatic rings. The molecule has 0 atom stereocenters. The van der Waals surface area contributed by atoms with Gasteiger partial charge in [-0.25, -0.2) is 9.97 Å². The molecule has 3 rings (SSSR count). The molecule has 0 spiro atoms. The molecule has 0 saturated carbocycles. The lowest BCUT2D eigenvalue weighted by molar-refractivity contribution is 0.0725. The summed E-state index contributed by atoms with van der Waals surface area (Å²) in [4.78, 5) is 34.3. The molecule has 0 fully saturated rings. The summed E-state index contributed by atoms with van der Waals surface area (Å²) in [5.41, 5.74) is 1.64. The molecule has 7 heteroatoms. The minimum atomic E-state index is -0.181. The Hall–Kier alpha value is -2.21. The van der Waals surface area contributed by atoms with Gasteiger partial charge in [-0.1, -0.05) is 11.6 Å². The van der Waals surface area contributed by atoms with Crippen LogP contribution in [-0.2, 0) is 20.0 Å². The lowest BCUT2D eigenvalue weighted by atomic mass is 10.1. The molecule has 108 valence electrons. The Labute approximate surface area is 126 Å². The summed E-state index contributed by atoms with van der Waals surface area (Å²) in [6.07, 6.45) is 3.44. The second kappa shape index (κ2) is 5.29. The molecule has 0 bridgehead atoms. The summed E-state index contributed by atoms with van der Waals surface area (Å²) in [7, 11) is 1.67. The fourth-order valence-corrected chi connectivity index (χ4v) is 2.47. The summed E-state index contributed by atoms with van der Waals surface area (Å²) in [5, 5.41) is 0.487. The molecule has 0 aromatic carbocycles. The Bertz CT molecular complexity index is 755. The number of hydrogen-bond donors (Lipinski definition) is 0. The molecular weight excluding hydrogens is 292 g/mol. The number of amides is 1. The molecule has 6 nitrogen and oxygen atoms in total. The van der Waals surface area contributed by atoms with Crippen LogP contribution in [0, 0.1) is 0 Å². The number of hydrogen-bond acceptors (Lipinski definition) is 4. The van der Waals surface area contributed by atoms with E-state index >= 15 is 0 Å². The Morgan fingerprint density at radius 3 is 2.86 bits per heavy atom. The predicted octanol–water partition coefficient (Wildman–Crippen LogP) is 1.03. The highest BCUT2D eigenvalue weighted by Crippen LogP contribution is 2.16. The number of carbonyl (C=O) groups excluding carboxylic acids is 1. The van der Waals surface area contributed by atoms with Crippen LogP contribution in [0.5, 0.6) is 0 Å². The normalized spacial score (nSPS) is 13.9. The number of carbonyl (C=O) groups is 1. The van der Waals surface area contributed by atoms with Gasteiger partial charge in [0.15, 0.2) is 0 Å². The van der Waals surface area contributed by atoms with Crippen molar-refractivity contribution in [2.24, 2.45) is 7.05 Å². The van der Waals surface area contributed by atoms with Crippen molar-refractivity contribution in [3.63, 3.8) is 0 Å². The van der Waals surface area contributed by atoms with Crippen molar-refractivity contribution in [1.29, 1.82) is 0 Å². The number of halogens is 1. The third-order valence-electron chi connectivity index (χ3n) is 3.52. The van der Waals surface area contributed by atoms with Gasteiger partial charge in [-0.05, 0) is 18.6 Å². The van der Waals surface area contributed by atoms with Gasteiger partial charge < -0.3 is 9.47 Å². The Morgan fingerprint density at radius 2 is 2.14 bits per heavy atom. The number of pyridine rings is 1. The average Bonchev–Trinajstić information content (AvgIpc) is 2.51. The fourth-order valence-electron chi connectivity index (χ4n) is 2.35. The number of aromatic nitrogens is 3. The summed E-state index contributed by atoms with van der Waals surface area (Å²) in [6, 6.07) is 3.23. The van der Waals surface area contributed by atoms with E-state index in [-0.39, 0.29) is 11.5 Å². The fraction of sp³-hybridized carbons (Fsp3) is 0.286. The van der Waals surface area contributed by atoms with Gasteiger partial charge in [0.05, 0.1) is 23.6 Å². The van der Waals surface area contributed by atoms with Crippen LogP contribution in [-0.4, -0.2) is 31.9 Å². The molecule has 0 saturated heterocycles. The SMILES string of the molecule is Cn1cnc2c(c1=O)CCN(C(=O)c1ccc(Cl)cn1)C2. The molecule has 3 heterocycles. The van der Waals surface area contributed by atoms with E-state index in [1.807, 2.05) is 0 Å². The Kier molecular flexibility index (Phi) is 3.47. The third-order valence-corrected chi connectivity index (χ3v) is 3.74. The zero-order valence-electron chi connectivity index (χ0n) is 11.4. The van der Waals surface area contributed by atoms with Crippen LogP contribution >= 0.6 is 11.6 Å². The van der Waals surface area contributed by atoms with Crippen LogP contribution < -0.4 is 5.56 Å². The summed E-state index contributed by atoms with van der Waals surface area (Å²) >= 11 is 5.77. The van der Waals surface area contributed by atoms with E-state index in [9.17, 15) is 9.59 Å². The van der Waals surface area contributed by atoms with Crippen molar-refractivity contribution in [2.75, 3.05) is 6.54 Å². The minimum Gasteiger partial charge on any atom is -0.331 e. The van der Waals surface area contributed by atoms with Crippen molar-refractivity contribution >= 4 is 17.5 Å². The van der Waals surface area contributed by atoms with Gasteiger partial charge in [-0.3, -0.25) is 9.59 Å². The zero-order valence-corrected chi connectivity index (χ0v) is 12.2. The van der Waals surface area contributed by atoms with Gasteiger partial charge in [-0.15, -0.1) is 0 Å². The predicted molar refractivity (Wildman–Crippen MR) is 77.2 cm³/mol. The molecule has 0 radical (unpaired) electrons. The Balaban J connectivity index is 1.86. The van der Waals surface area contributed by atoms with E-state index in [4.69, 9.17) is 11.6 Å². The lowest BCUT2D eigenvalue weighted by Crippen LogP contribution is -2.40. The van der Waals surface area contributed by atoms with E-state index in [1.54, 1.807) is 24.1 Å². The first-order valence-corrected chi connectivity index (χ1v) is 6.88. The smallest absolute Gasteiger partial charge is 0.272 e. The van der Waals surface area contributed by atoms with Crippen molar-refractivity contribution in [3.8, 4) is 0 Å². The molecule has 0 aliphatic carbocycles. The van der Waals surface area contributed by atoms with Crippen LogP contribution in [0.1, 0.15) is 21.7 Å². The maximum absolute atomic E-state index is 12.4. The van der Waals surface area contributed by atoms with Gasteiger partial charge in [0.25, 0.3) is 11.5 Å². The first-order valence-electron chi connectivity index (χ1n) is 6.50. The summed E-state index contributed by atoms with van der Waals surface area (Å²) < 4.78 is 1.46. The second-order valence-corrected chi connectivity index (χ2v) is 5.36. The highest BCUT2D eigenvalue weighted by molar-refractivity contribution is 6.30. The van der Waals surface area contributed by atoms with E-state index in [1.165, 1.54) is 17.1 Å². The topological polar surface area (TPSA) is 68.1 Å². The van der Waals surface area contributed by atoms with Crippen molar-refractivity contribution in [2.45, 2.75) is 13.0 Å². The van der Waals surface area contributed by atoms with Gasteiger partial charge in [-0.2, -0.15) is 0 Å². The number of rotatable bonds is 1. The highest BCUT2D eigenvalue weighted by atomic mass is 35.5. The van der Waals surface area contributed by atoms with E-state index in [0.717, 1.165) is 0 Å². The summed E-state index contributed by atoms with van der Waals surface area (Å²) in [6.45, 7) is 0.811. The average molecular weight is 305 g/mol. The van der Waals surface area contributed by atoms with E-state index < -0.39 is 0 Å².